The van der Waals surface area contributed by atoms with E-state index >= 15 is 0 Å². The molecular formula is C13H12BrCl2NS2. The lowest BCUT2D eigenvalue weighted by Crippen LogP contribution is -2.15. The minimum Gasteiger partial charge on any atom is -0.311 e. The molecule has 0 saturated carbocycles. The van der Waals surface area contributed by atoms with Crippen molar-refractivity contribution in [2.45, 2.75) is 11.4 Å². The summed E-state index contributed by atoms with van der Waals surface area (Å²) >= 11 is 19.0. The number of thioether (sulfide) groups is 1. The van der Waals surface area contributed by atoms with Crippen molar-refractivity contribution in [3.8, 4) is 0 Å². The lowest BCUT2D eigenvalue weighted by molar-refractivity contribution is 0.741. The third kappa shape index (κ3) is 5.29. The predicted molar refractivity (Wildman–Crippen MR) is 90.9 cm³/mol. The monoisotopic (exact) mass is 395 g/mol. The Kier molecular flexibility index (Phi) is 6.53. The summed E-state index contributed by atoms with van der Waals surface area (Å²) in [6, 6.07) is 7.69. The molecule has 0 aliphatic heterocycles. The van der Waals surface area contributed by atoms with E-state index in [4.69, 9.17) is 23.2 Å². The Morgan fingerprint density at radius 2 is 2.11 bits per heavy atom. The summed E-state index contributed by atoms with van der Waals surface area (Å²) in [5, 5.41) is 6.99. The molecule has 0 aliphatic rings. The molecule has 0 bridgehead atoms. The van der Waals surface area contributed by atoms with E-state index in [1.54, 1.807) is 29.2 Å². The zero-order chi connectivity index (χ0) is 13.7. The van der Waals surface area contributed by atoms with Gasteiger partial charge in [0.05, 0.1) is 5.02 Å². The van der Waals surface area contributed by atoms with Gasteiger partial charge in [0.15, 0.2) is 0 Å². The van der Waals surface area contributed by atoms with Crippen LogP contribution in [0.5, 0.6) is 0 Å². The van der Waals surface area contributed by atoms with Gasteiger partial charge in [0.1, 0.15) is 0 Å². The third-order valence-corrected chi connectivity index (χ3v) is 5.78. The number of rotatable bonds is 6. The molecule has 2 aromatic rings. The predicted octanol–water partition coefficient (Wildman–Crippen LogP) is 5.70. The van der Waals surface area contributed by atoms with E-state index in [2.05, 4.69) is 32.7 Å². The van der Waals surface area contributed by atoms with Gasteiger partial charge >= 0.3 is 0 Å². The van der Waals surface area contributed by atoms with Gasteiger partial charge in [-0.05, 0) is 40.2 Å². The van der Waals surface area contributed by atoms with E-state index in [9.17, 15) is 0 Å². The topological polar surface area (TPSA) is 12.0 Å². The van der Waals surface area contributed by atoms with Crippen molar-refractivity contribution < 1.29 is 0 Å². The number of hydrogen-bond acceptors (Lipinski definition) is 3. The Labute approximate surface area is 139 Å². The molecule has 0 radical (unpaired) electrons. The molecule has 1 N–H and O–H groups in total. The van der Waals surface area contributed by atoms with Gasteiger partial charge in [-0.2, -0.15) is 0 Å². The second-order valence-corrected chi connectivity index (χ2v) is 7.72. The van der Waals surface area contributed by atoms with Gasteiger partial charge in [0, 0.05) is 43.5 Å². The molecule has 0 spiro atoms. The lowest BCUT2D eigenvalue weighted by atomic mass is 10.4. The van der Waals surface area contributed by atoms with Gasteiger partial charge in [-0.3, -0.25) is 0 Å². The maximum atomic E-state index is 6.10. The second-order valence-electron chi connectivity index (χ2n) is 3.83. The van der Waals surface area contributed by atoms with Gasteiger partial charge in [0.2, 0.25) is 0 Å². The van der Waals surface area contributed by atoms with Crippen LogP contribution in [0.4, 0.5) is 0 Å². The molecule has 0 fully saturated rings. The fraction of sp³-hybridized carbons (Fsp3) is 0.231. The van der Waals surface area contributed by atoms with Crippen LogP contribution < -0.4 is 5.32 Å². The summed E-state index contributed by atoms with van der Waals surface area (Å²) < 4.78 is 1.15. The fourth-order valence-corrected chi connectivity index (χ4v) is 4.30. The number of nitrogens with one attached hydrogen (secondary N) is 1. The summed E-state index contributed by atoms with van der Waals surface area (Å²) in [5.41, 5.74) is 0. The Balaban J connectivity index is 1.70. The maximum absolute atomic E-state index is 6.10. The smallest absolute Gasteiger partial charge is 0.0542 e. The second kappa shape index (κ2) is 7.91. The fourth-order valence-electron chi connectivity index (χ4n) is 1.48. The van der Waals surface area contributed by atoms with Crippen molar-refractivity contribution in [3.63, 3.8) is 0 Å². The van der Waals surface area contributed by atoms with Crippen LogP contribution in [0.1, 0.15) is 4.88 Å². The van der Waals surface area contributed by atoms with Crippen LogP contribution >= 0.6 is 62.2 Å². The number of thiophene rings is 1. The van der Waals surface area contributed by atoms with Crippen molar-refractivity contribution in [2.24, 2.45) is 0 Å². The minimum atomic E-state index is 0.725. The van der Waals surface area contributed by atoms with Crippen molar-refractivity contribution in [3.05, 3.63) is 49.0 Å². The van der Waals surface area contributed by atoms with Gasteiger partial charge in [-0.15, -0.1) is 23.1 Å². The van der Waals surface area contributed by atoms with Crippen LogP contribution in [0, 0.1) is 0 Å². The summed E-state index contributed by atoms with van der Waals surface area (Å²) in [5.74, 6) is 0.965. The first-order valence-corrected chi connectivity index (χ1v) is 9.08. The molecule has 1 nitrogen and oxygen atoms in total. The van der Waals surface area contributed by atoms with Crippen molar-refractivity contribution in [1.82, 2.24) is 5.32 Å². The van der Waals surface area contributed by atoms with E-state index < -0.39 is 0 Å². The van der Waals surface area contributed by atoms with Gasteiger partial charge in [0.25, 0.3) is 0 Å². The molecule has 1 aromatic carbocycles. The first-order chi connectivity index (χ1) is 9.15. The summed E-state index contributed by atoms with van der Waals surface area (Å²) in [6.07, 6.45) is 0. The molecular weight excluding hydrogens is 385 g/mol. The quantitative estimate of drug-likeness (QED) is 0.496. The Morgan fingerprint density at radius 3 is 2.84 bits per heavy atom. The van der Waals surface area contributed by atoms with Crippen LogP contribution in [0.15, 0.2) is 39.0 Å². The highest BCUT2D eigenvalue weighted by molar-refractivity contribution is 9.10. The lowest BCUT2D eigenvalue weighted by Gasteiger charge is -2.05. The Morgan fingerprint density at radius 1 is 1.26 bits per heavy atom. The standard InChI is InChI=1S/C13H12BrCl2NS2/c14-9-5-11(19-8-9)7-17-3-4-18-13-6-10(15)1-2-12(13)16/h1-2,5-6,8,17H,3-4,7H2. The van der Waals surface area contributed by atoms with E-state index in [0.717, 1.165) is 38.3 Å². The maximum Gasteiger partial charge on any atom is 0.0542 e. The van der Waals surface area contributed by atoms with Crippen molar-refractivity contribution in [2.75, 3.05) is 12.3 Å². The van der Waals surface area contributed by atoms with Gasteiger partial charge < -0.3 is 5.32 Å². The molecule has 2 rings (SSSR count). The van der Waals surface area contributed by atoms with Gasteiger partial charge in [-0.1, -0.05) is 23.2 Å². The molecule has 6 heteroatoms. The molecule has 102 valence electrons. The first-order valence-electron chi connectivity index (χ1n) is 5.66. The first kappa shape index (κ1) is 15.7. The molecule has 19 heavy (non-hydrogen) atoms. The minimum absolute atomic E-state index is 0.725. The number of hydrogen-bond donors (Lipinski definition) is 1. The van der Waals surface area contributed by atoms with Crippen LogP contribution in [0.2, 0.25) is 10.0 Å². The largest absolute Gasteiger partial charge is 0.311 e. The van der Waals surface area contributed by atoms with E-state index in [0.29, 0.717) is 0 Å². The summed E-state index contributed by atoms with van der Waals surface area (Å²) in [7, 11) is 0. The number of halogens is 3. The summed E-state index contributed by atoms with van der Waals surface area (Å²) in [4.78, 5) is 2.37. The van der Waals surface area contributed by atoms with Crippen LogP contribution in [-0.2, 0) is 6.54 Å². The average Bonchev–Trinajstić information content (AvgIpc) is 2.79. The summed E-state index contributed by atoms with van der Waals surface area (Å²) in [6.45, 7) is 1.84. The van der Waals surface area contributed by atoms with E-state index in [-0.39, 0.29) is 0 Å². The Hall–Kier alpha value is 0.290. The Bertz CT molecular complexity index is 545. The highest BCUT2D eigenvalue weighted by Gasteiger charge is 2.02. The highest BCUT2D eigenvalue weighted by atomic mass is 79.9. The zero-order valence-corrected chi connectivity index (χ0v) is 14.7. The van der Waals surface area contributed by atoms with Crippen molar-refractivity contribution >= 4 is 62.2 Å². The van der Waals surface area contributed by atoms with Crippen LogP contribution in [0.25, 0.3) is 0 Å². The molecule has 0 aliphatic carbocycles. The number of benzene rings is 1. The normalized spacial score (nSPS) is 10.9. The van der Waals surface area contributed by atoms with E-state index in [1.165, 1.54) is 4.88 Å². The van der Waals surface area contributed by atoms with Crippen molar-refractivity contribution in [1.29, 1.82) is 0 Å². The zero-order valence-electron chi connectivity index (χ0n) is 9.96. The molecule has 0 amide bonds. The molecule has 1 aromatic heterocycles. The van der Waals surface area contributed by atoms with Crippen LogP contribution in [-0.4, -0.2) is 12.3 Å². The molecule has 0 saturated heterocycles. The van der Waals surface area contributed by atoms with Crippen LogP contribution in [0.3, 0.4) is 0 Å². The third-order valence-electron chi connectivity index (χ3n) is 2.35. The SMILES string of the molecule is Clc1ccc(Cl)c(SCCNCc2cc(Br)cs2)c1. The molecule has 1 heterocycles. The average molecular weight is 397 g/mol. The highest BCUT2D eigenvalue weighted by Crippen LogP contribution is 2.29. The van der Waals surface area contributed by atoms with Gasteiger partial charge in [-0.25, -0.2) is 0 Å². The molecule has 0 unspecified atom stereocenters. The van der Waals surface area contributed by atoms with E-state index in [1.807, 2.05) is 12.1 Å². The molecule has 0 atom stereocenters.